The lowest BCUT2D eigenvalue weighted by Gasteiger charge is -2.15. The molecule has 94 valence electrons. The van der Waals surface area contributed by atoms with Crippen molar-refractivity contribution in [3.63, 3.8) is 0 Å². The number of anilines is 1. The van der Waals surface area contributed by atoms with Crippen LogP contribution in [0, 0.1) is 0 Å². The fraction of sp³-hybridized carbons (Fsp3) is 0.182. The van der Waals surface area contributed by atoms with Gasteiger partial charge in [-0.25, -0.2) is 14.8 Å². The fourth-order valence-corrected chi connectivity index (χ4v) is 2.90. The van der Waals surface area contributed by atoms with E-state index in [0.29, 0.717) is 12.5 Å². The summed E-state index contributed by atoms with van der Waals surface area (Å²) < 4.78 is 1.04. The van der Waals surface area contributed by atoms with Crippen LogP contribution in [0.3, 0.4) is 0 Å². The van der Waals surface area contributed by atoms with E-state index >= 15 is 0 Å². The molecule has 0 aromatic carbocycles. The predicted molar refractivity (Wildman–Crippen MR) is 73.1 cm³/mol. The van der Waals surface area contributed by atoms with E-state index in [9.17, 15) is 4.79 Å². The molecular weight excluding hydrogens is 318 g/mol. The Bertz CT molecular complexity index is 573. The third-order valence-corrected chi connectivity index (χ3v) is 3.90. The number of aromatic nitrogens is 2. The van der Waals surface area contributed by atoms with Gasteiger partial charge in [0.2, 0.25) is 5.95 Å². The van der Waals surface area contributed by atoms with Crippen molar-refractivity contribution in [3.05, 3.63) is 38.8 Å². The molecule has 0 unspecified atom stereocenters. The van der Waals surface area contributed by atoms with Crippen molar-refractivity contribution in [2.75, 3.05) is 11.9 Å². The molecule has 0 aliphatic carbocycles. The molecule has 0 fully saturated rings. The fourth-order valence-electron chi connectivity index (χ4n) is 1.39. The molecule has 1 N–H and O–H groups in total. The van der Waals surface area contributed by atoms with Crippen LogP contribution in [0.25, 0.3) is 0 Å². The summed E-state index contributed by atoms with van der Waals surface area (Å²) in [4.78, 5) is 21.8. The van der Waals surface area contributed by atoms with Crippen LogP contribution in [0.5, 0.6) is 0 Å². The highest BCUT2D eigenvalue weighted by molar-refractivity contribution is 9.10. The van der Waals surface area contributed by atoms with E-state index < -0.39 is 5.97 Å². The van der Waals surface area contributed by atoms with Crippen LogP contribution in [0.2, 0.25) is 0 Å². The van der Waals surface area contributed by atoms with Crippen LogP contribution in [0.1, 0.15) is 15.4 Å². The molecule has 2 aromatic rings. The van der Waals surface area contributed by atoms with E-state index in [4.69, 9.17) is 5.11 Å². The van der Waals surface area contributed by atoms with E-state index in [0.717, 1.165) is 9.35 Å². The Morgan fingerprint density at radius 3 is 3.00 bits per heavy atom. The second kappa shape index (κ2) is 5.45. The average Bonchev–Trinajstić information content (AvgIpc) is 2.75. The minimum atomic E-state index is -1.05. The van der Waals surface area contributed by atoms with Crippen LogP contribution >= 0.6 is 27.3 Å². The van der Waals surface area contributed by atoms with Gasteiger partial charge in [0.1, 0.15) is 0 Å². The number of hydrogen-bond acceptors (Lipinski definition) is 5. The lowest BCUT2D eigenvalue weighted by Crippen LogP contribution is -2.19. The highest BCUT2D eigenvalue weighted by Gasteiger charge is 2.10. The predicted octanol–water partition coefficient (Wildman–Crippen LogP) is 2.64. The summed E-state index contributed by atoms with van der Waals surface area (Å²) in [5.74, 6) is -0.648. The van der Waals surface area contributed by atoms with Crippen molar-refractivity contribution in [2.24, 2.45) is 0 Å². The molecule has 0 saturated carbocycles. The molecule has 2 aromatic heterocycles. The summed E-state index contributed by atoms with van der Waals surface area (Å²) in [6.45, 7) is 0.638. The monoisotopic (exact) mass is 327 g/mol. The van der Waals surface area contributed by atoms with Gasteiger partial charge in [-0.15, -0.1) is 11.3 Å². The molecular formula is C11H10BrN3O2S. The van der Waals surface area contributed by atoms with Crippen molar-refractivity contribution in [3.8, 4) is 0 Å². The highest BCUT2D eigenvalue weighted by Crippen LogP contribution is 2.21. The molecule has 0 spiro atoms. The molecule has 0 saturated heterocycles. The number of nitrogens with zero attached hydrogens (tertiary/aromatic N) is 3. The molecule has 5 nitrogen and oxygen atoms in total. The first-order valence-electron chi connectivity index (χ1n) is 5.06. The maximum absolute atomic E-state index is 10.8. The topological polar surface area (TPSA) is 66.3 Å². The molecule has 0 amide bonds. The number of carboxylic acids is 1. The van der Waals surface area contributed by atoms with Gasteiger partial charge in [-0.3, -0.25) is 0 Å². The van der Waals surface area contributed by atoms with E-state index in [-0.39, 0.29) is 5.69 Å². The Morgan fingerprint density at radius 1 is 1.61 bits per heavy atom. The van der Waals surface area contributed by atoms with Gasteiger partial charge in [0.05, 0.1) is 6.54 Å². The highest BCUT2D eigenvalue weighted by atomic mass is 79.9. The minimum Gasteiger partial charge on any atom is -0.477 e. The van der Waals surface area contributed by atoms with Crippen molar-refractivity contribution < 1.29 is 9.90 Å². The van der Waals surface area contributed by atoms with Gasteiger partial charge in [-0.2, -0.15) is 0 Å². The summed E-state index contributed by atoms with van der Waals surface area (Å²) >= 11 is 5.01. The number of aromatic carboxylic acids is 1. The Labute approximate surface area is 116 Å². The Morgan fingerprint density at radius 2 is 2.39 bits per heavy atom. The van der Waals surface area contributed by atoms with E-state index in [1.165, 1.54) is 12.3 Å². The van der Waals surface area contributed by atoms with Crippen LogP contribution in [-0.4, -0.2) is 28.1 Å². The molecule has 0 aliphatic heterocycles. The van der Waals surface area contributed by atoms with E-state index in [1.54, 1.807) is 11.3 Å². The lowest BCUT2D eigenvalue weighted by atomic mass is 10.4. The number of carboxylic acid groups (broad SMARTS) is 1. The maximum Gasteiger partial charge on any atom is 0.354 e. The van der Waals surface area contributed by atoms with E-state index in [2.05, 4.69) is 25.9 Å². The van der Waals surface area contributed by atoms with Gasteiger partial charge < -0.3 is 10.0 Å². The van der Waals surface area contributed by atoms with Gasteiger partial charge in [-0.05, 0) is 28.1 Å². The van der Waals surface area contributed by atoms with Crippen molar-refractivity contribution in [1.82, 2.24) is 9.97 Å². The first-order chi connectivity index (χ1) is 8.56. The zero-order valence-corrected chi connectivity index (χ0v) is 11.9. The summed E-state index contributed by atoms with van der Waals surface area (Å²) in [6.07, 6.45) is 1.45. The van der Waals surface area contributed by atoms with Gasteiger partial charge >= 0.3 is 5.97 Å². The molecule has 0 radical (unpaired) electrons. The minimum absolute atomic E-state index is 0.000731. The first kappa shape index (κ1) is 13.0. The SMILES string of the molecule is CN(Cc1cc(Br)cs1)c1nccc(C(=O)O)n1. The van der Waals surface area contributed by atoms with Gasteiger partial charge in [0.15, 0.2) is 5.69 Å². The van der Waals surface area contributed by atoms with Crippen molar-refractivity contribution >= 4 is 39.2 Å². The standard InChI is InChI=1S/C11H10BrN3O2S/c1-15(5-8-4-7(12)6-18-8)11-13-3-2-9(14-11)10(16)17/h2-4,6H,5H2,1H3,(H,16,17). The summed E-state index contributed by atoms with van der Waals surface area (Å²) in [5.41, 5.74) is -0.000731. The van der Waals surface area contributed by atoms with Gasteiger partial charge in [0, 0.05) is 28.0 Å². The Hall–Kier alpha value is -1.47. The number of halogens is 1. The third kappa shape index (κ3) is 3.05. The summed E-state index contributed by atoms with van der Waals surface area (Å²) in [7, 11) is 1.83. The van der Waals surface area contributed by atoms with Crippen LogP contribution in [-0.2, 0) is 6.54 Å². The van der Waals surface area contributed by atoms with Crippen molar-refractivity contribution in [1.29, 1.82) is 0 Å². The van der Waals surface area contributed by atoms with Crippen molar-refractivity contribution in [2.45, 2.75) is 6.54 Å². The van der Waals surface area contributed by atoms with E-state index in [1.807, 2.05) is 23.4 Å². The molecule has 0 bridgehead atoms. The second-order valence-corrected chi connectivity index (χ2v) is 5.55. The van der Waals surface area contributed by atoms with Crippen LogP contribution < -0.4 is 4.90 Å². The molecule has 2 heterocycles. The number of hydrogen-bond donors (Lipinski definition) is 1. The molecule has 18 heavy (non-hydrogen) atoms. The normalized spacial score (nSPS) is 10.3. The van der Waals surface area contributed by atoms with Gasteiger partial charge in [-0.1, -0.05) is 0 Å². The molecule has 0 atom stereocenters. The number of thiophene rings is 1. The first-order valence-corrected chi connectivity index (χ1v) is 6.74. The summed E-state index contributed by atoms with van der Waals surface area (Å²) in [6, 6.07) is 3.39. The molecule has 7 heteroatoms. The average molecular weight is 328 g/mol. The smallest absolute Gasteiger partial charge is 0.354 e. The Kier molecular flexibility index (Phi) is 3.93. The maximum atomic E-state index is 10.8. The van der Waals surface area contributed by atoms with Crippen LogP contribution in [0.4, 0.5) is 5.95 Å². The Balaban J connectivity index is 2.15. The number of carbonyl (C=O) groups is 1. The third-order valence-electron chi connectivity index (χ3n) is 2.22. The molecule has 2 rings (SSSR count). The van der Waals surface area contributed by atoms with Crippen LogP contribution in [0.15, 0.2) is 28.2 Å². The summed E-state index contributed by atoms with van der Waals surface area (Å²) in [5, 5.41) is 10.9. The lowest BCUT2D eigenvalue weighted by molar-refractivity contribution is 0.0690. The van der Waals surface area contributed by atoms with Gasteiger partial charge in [0.25, 0.3) is 0 Å². The zero-order chi connectivity index (χ0) is 13.1. The largest absolute Gasteiger partial charge is 0.477 e. The second-order valence-electron chi connectivity index (χ2n) is 3.63. The number of rotatable bonds is 4. The molecule has 0 aliphatic rings. The zero-order valence-electron chi connectivity index (χ0n) is 9.50. The quantitative estimate of drug-likeness (QED) is 0.935.